The first-order valence-corrected chi connectivity index (χ1v) is 6.31. The lowest BCUT2D eigenvalue weighted by molar-refractivity contribution is -0.137. The number of pyridine rings is 1. The number of carbonyl (C=O) groups is 2. The molecule has 1 amide bonds. The van der Waals surface area contributed by atoms with Crippen LogP contribution in [0.5, 0.6) is 0 Å². The molecule has 0 atom stereocenters. The molecule has 0 aliphatic rings. The molecule has 0 saturated heterocycles. The summed E-state index contributed by atoms with van der Waals surface area (Å²) in [5.41, 5.74) is 0.859. The van der Waals surface area contributed by atoms with Crippen LogP contribution in [0.25, 0.3) is 0 Å². The molecule has 0 saturated carbocycles. The number of hydrogen-bond acceptors (Lipinski definition) is 3. The van der Waals surface area contributed by atoms with Crippen LogP contribution in [-0.4, -0.2) is 28.5 Å². The molecule has 1 rings (SSSR count). The summed E-state index contributed by atoms with van der Waals surface area (Å²) in [6.07, 6.45) is 4.14. The number of carbonyl (C=O) groups excluding carboxylic acids is 1. The van der Waals surface area contributed by atoms with Crippen LogP contribution in [0.2, 0.25) is 0 Å². The fourth-order valence-corrected chi connectivity index (χ4v) is 1.67. The summed E-state index contributed by atoms with van der Waals surface area (Å²) in [7, 11) is 0. The molecule has 0 unspecified atom stereocenters. The normalized spacial score (nSPS) is 11.1. The van der Waals surface area contributed by atoms with Gasteiger partial charge in [-0.15, -0.1) is 0 Å². The van der Waals surface area contributed by atoms with E-state index in [1.165, 1.54) is 0 Å². The number of rotatable bonds is 7. The summed E-state index contributed by atoms with van der Waals surface area (Å²) >= 11 is 0. The second kappa shape index (κ2) is 6.87. The first kappa shape index (κ1) is 15.1. The molecular weight excluding hydrogens is 244 g/mol. The zero-order valence-corrected chi connectivity index (χ0v) is 11.3. The Balaban J connectivity index is 2.39. The second-order valence-corrected chi connectivity index (χ2v) is 5.15. The minimum absolute atomic E-state index is 0.0272. The first-order chi connectivity index (χ1) is 8.92. The number of carboxylic acid groups (broad SMARTS) is 1. The number of aliphatic carboxylic acids is 1. The van der Waals surface area contributed by atoms with E-state index in [1.807, 2.05) is 26.0 Å². The molecule has 0 bridgehead atoms. The maximum atomic E-state index is 11.6. The monoisotopic (exact) mass is 264 g/mol. The Kier molecular flexibility index (Phi) is 5.48. The summed E-state index contributed by atoms with van der Waals surface area (Å²) < 4.78 is 0. The predicted molar refractivity (Wildman–Crippen MR) is 71.8 cm³/mol. The van der Waals surface area contributed by atoms with Crippen molar-refractivity contribution in [2.45, 2.75) is 38.5 Å². The van der Waals surface area contributed by atoms with Crippen LogP contribution in [0, 0.1) is 0 Å². The molecule has 5 heteroatoms. The topological polar surface area (TPSA) is 79.3 Å². The van der Waals surface area contributed by atoms with Gasteiger partial charge in [0.2, 0.25) is 5.91 Å². The van der Waals surface area contributed by atoms with Crippen LogP contribution in [0.3, 0.4) is 0 Å². The largest absolute Gasteiger partial charge is 0.481 e. The molecule has 1 aromatic heterocycles. The summed E-state index contributed by atoms with van der Waals surface area (Å²) in [6, 6.07) is 3.84. The molecule has 5 nitrogen and oxygen atoms in total. The Bertz CT molecular complexity index is 430. The van der Waals surface area contributed by atoms with Gasteiger partial charge in [0, 0.05) is 37.2 Å². The number of aromatic nitrogens is 1. The predicted octanol–water partition coefficient (Wildman–Crippen LogP) is 1.73. The third kappa shape index (κ3) is 5.50. The van der Waals surface area contributed by atoms with Gasteiger partial charge in [0.15, 0.2) is 0 Å². The number of nitrogens with zero attached hydrogens (tertiary/aromatic N) is 1. The maximum Gasteiger partial charge on any atom is 0.303 e. The van der Waals surface area contributed by atoms with Crippen LogP contribution < -0.4 is 5.32 Å². The molecule has 2 N–H and O–H groups in total. The van der Waals surface area contributed by atoms with Crippen molar-refractivity contribution in [3.8, 4) is 0 Å². The van der Waals surface area contributed by atoms with Crippen LogP contribution >= 0.6 is 0 Å². The fraction of sp³-hybridized carbons (Fsp3) is 0.500. The molecule has 1 aromatic rings. The summed E-state index contributed by atoms with van der Waals surface area (Å²) in [6.45, 7) is 4.56. The van der Waals surface area contributed by atoms with Gasteiger partial charge in [-0.25, -0.2) is 0 Å². The zero-order chi connectivity index (χ0) is 14.3. The lowest BCUT2D eigenvalue weighted by atomic mass is 9.85. The molecule has 19 heavy (non-hydrogen) atoms. The highest BCUT2D eigenvalue weighted by atomic mass is 16.4. The van der Waals surface area contributed by atoms with Crippen molar-refractivity contribution in [2.75, 3.05) is 6.54 Å². The van der Waals surface area contributed by atoms with Gasteiger partial charge in [-0.2, -0.15) is 0 Å². The Morgan fingerprint density at radius 1 is 1.37 bits per heavy atom. The van der Waals surface area contributed by atoms with Crippen LogP contribution in [0.4, 0.5) is 0 Å². The zero-order valence-electron chi connectivity index (χ0n) is 11.3. The Morgan fingerprint density at radius 3 is 2.68 bits per heavy atom. The lowest BCUT2D eigenvalue weighted by Crippen LogP contribution is -2.36. The molecule has 0 aliphatic heterocycles. The molecule has 0 aromatic carbocycles. The lowest BCUT2D eigenvalue weighted by Gasteiger charge is -2.25. The third-order valence-corrected chi connectivity index (χ3v) is 2.96. The molecule has 0 fully saturated rings. The van der Waals surface area contributed by atoms with E-state index >= 15 is 0 Å². The number of hydrogen-bond donors (Lipinski definition) is 2. The standard InChI is InChI=1S/C14H20N2O3/c1-14(2,11-5-4-8-15-9-11)10-16-12(17)6-3-7-13(18)19/h4-5,8-9H,3,6-7,10H2,1-2H3,(H,16,17)(H,18,19). The van der Waals surface area contributed by atoms with Crippen molar-refractivity contribution >= 4 is 11.9 Å². The molecule has 0 radical (unpaired) electrons. The average molecular weight is 264 g/mol. The summed E-state index contributed by atoms with van der Waals surface area (Å²) in [5.74, 6) is -0.985. The molecule has 104 valence electrons. The van der Waals surface area contributed by atoms with Crippen molar-refractivity contribution in [2.24, 2.45) is 0 Å². The van der Waals surface area contributed by atoms with E-state index < -0.39 is 5.97 Å². The van der Waals surface area contributed by atoms with Crippen LogP contribution in [0.15, 0.2) is 24.5 Å². The van der Waals surface area contributed by atoms with Crippen molar-refractivity contribution in [1.82, 2.24) is 10.3 Å². The van der Waals surface area contributed by atoms with E-state index in [4.69, 9.17) is 5.11 Å². The van der Waals surface area contributed by atoms with Crippen molar-refractivity contribution in [3.63, 3.8) is 0 Å². The van der Waals surface area contributed by atoms with E-state index in [0.29, 0.717) is 13.0 Å². The molecule has 0 spiro atoms. The minimum Gasteiger partial charge on any atom is -0.481 e. The van der Waals surface area contributed by atoms with Crippen LogP contribution in [0.1, 0.15) is 38.7 Å². The van der Waals surface area contributed by atoms with Crippen molar-refractivity contribution in [3.05, 3.63) is 30.1 Å². The molecular formula is C14H20N2O3. The number of amides is 1. The van der Waals surface area contributed by atoms with E-state index in [1.54, 1.807) is 12.4 Å². The second-order valence-electron chi connectivity index (χ2n) is 5.15. The van der Waals surface area contributed by atoms with E-state index in [2.05, 4.69) is 10.3 Å². The Labute approximate surface area is 113 Å². The maximum absolute atomic E-state index is 11.6. The average Bonchev–Trinajstić information content (AvgIpc) is 2.37. The highest BCUT2D eigenvalue weighted by Crippen LogP contribution is 2.20. The van der Waals surface area contributed by atoms with Gasteiger partial charge >= 0.3 is 5.97 Å². The molecule has 0 aliphatic carbocycles. The van der Waals surface area contributed by atoms with Gasteiger partial charge in [-0.3, -0.25) is 14.6 Å². The van der Waals surface area contributed by atoms with E-state index in [0.717, 1.165) is 5.56 Å². The summed E-state index contributed by atoms with van der Waals surface area (Å²) in [4.78, 5) is 26.0. The first-order valence-electron chi connectivity index (χ1n) is 6.31. The third-order valence-electron chi connectivity index (χ3n) is 2.96. The van der Waals surface area contributed by atoms with Gasteiger partial charge in [-0.1, -0.05) is 19.9 Å². The number of carboxylic acids is 1. The van der Waals surface area contributed by atoms with Gasteiger partial charge < -0.3 is 10.4 Å². The van der Waals surface area contributed by atoms with E-state index in [9.17, 15) is 9.59 Å². The van der Waals surface area contributed by atoms with Gasteiger partial charge in [-0.05, 0) is 18.1 Å². The number of nitrogens with one attached hydrogen (secondary N) is 1. The highest BCUT2D eigenvalue weighted by molar-refractivity contribution is 5.76. The Morgan fingerprint density at radius 2 is 2.11 bits per heavy atom. The van der Waals surface area contributed by atoms with Gasteiger partial charge in [0.25, 0.3) is 0 Å². The smallest absolute Gasteiger partial charge is 0.303 e. The fourth-order valence-electron chi connectivity index (χ4n) is 1.67. The quantitative estimate of drug-likeness (QED) is 0.786. The minimum atomic E-state index is -0.872. The summed E-state index contributed by atoms with van der Waals surface area (Å²) in [5, 5.41) is 11.3. The molecule has 1 heterocycles. The Hall–Kier alpha value is -1.91. The SMILES string of the molecule is CC(C)(CNC(=O)CCCC(=O)O)c1cccnc1. The highest BCUT2D eigenvalue weighted by Gasteiger charge is 2.21. The van der Waals surface area contributed by atoms with E-state index in [-0.39, 0.29) is 24.2 Å². The van der Waals surface area contributed by atoms with Crippen molar-refractivity contribution < 1.29 is 14.7 Å². The van der Waals surface area contributed by atoms with Gasteiger partial charge in [0.05, 0.1) is 0 Å². The van der Waals surface area contributed by atoms with Crippen LogP contribution in [-0.2, 0) is 15.0 Å². The van der Waals surface area contributed by atoms with Gasteiger partial charge in [0.1, 0.15) is 0 Å². The van der Waals surface area contributed by atoms with Crippen molar-refractivity contribution in [1.29, 1.82) is 0 Å².